The molecule has 1 aliphatic rings. The molecule has 4 nitrogen and oxygen atoms in total. The number of hydrogen-bond acceptors (Lipinski definition) is 3. The molecule has 1 aromatic rings. The second-order valence-corrected chi connectivity index (χ2v) is 4.32. The van der Waals surface area contributed by atoms with Crippen molar-refractivity contribution in [2.75, 3.05) is 23.9 Å². The highest BCUT2D eigenvalue weighted by Gasteiger charge is 2.30. The van der Waals surface area contributed by atoms with Gasteiger partial charge in [0.2, 0.25) is 5.91 Å². The summed E-state index contributed by atoms with van der Waals surface area (Å²) in [6, 6.07) is 3.57. The van der Waals surface area contributed by atoms with E-state index in [1.165, 1.54) is 0 Å². The van der Waals surface area contributed by atoms with Crippen LogP contribution in [0.15, 0.2) is 18.3 Å². The van der Waals surface area contributed by atoms with Gasteiger partial charge in [-0.15, -0.1) is 11.6 Å². The number of hydrogen-bond donors (Lipinski definition) is 0. The minimum atomic E-state index is 0.0804. The Morgan fingerprint density at radius 1 is 1.65 bits per heavy atom. The van der Waals surface area contributed by atoms with E-state index in [1.807, 2.05) is 6.92 Å². The number of carbonyl (C=O) groups excluding carboxylic acids is 1. The average Bonchev–Trinajstić information content (AvgIpc) is 2.71. The third kappa shape index (κ3) is 2.69. The summed E-state index contributed by atoms with van der Waals surface area (Å²) in [4.78, 5) is 17.7. The van der Waals surface area contributed by atoms with Crippen molar-refractivity contribution >= 4 is 23.3 Å². The predicted molar refractivity (Wildman–Crippen MR) is 66.6 cm³/mol. The van der Waals surface area contributed by atoms with E-state index in [9.17, 15) is 4.79 Å². The maximum absolute atomic E-state index is 11.8. The van der Waals surface area contributed by atoms with Crippen LogP contribution in [-0.2, 0) is 4.79 Å². The molecule has 0 bridgehead atoms. The van der Waals surface area contributed by atoms with E-state index >= 15 is 0 Å². The van der Waals surface area contributed by atoms with Crippen molar-refractivity contribution in [2.45, 2.75) is 13.3 Å². The van der Waals surface area contributed by atoms with Crippen LogP contribution < -0.4 is 9.64 Å². The minimum absolute atomic E-state index is 0.0804. The Hall–Kier alpha value is -1.29. The lowest BCUT2D eigenvalue weighted by atomic mass is 10.1. The first-order valence-electron chi connectivity index (χ1n) is 5.69. The molecule has 0 radical (unpaired) electrons. The van der Waals surface area contributed by atoms with Crippen LogP contribution in [-0.4, -0.2) is 29.9 Å². The smallest absolute Gasteiger partial charge is 0.228 e. The van der Waals surface area contributed by atoms with Gasteiger partial charge < -0.3 is 4.74 Å². The Bertz CT molecular complexity index is 411. The molecule has 0 aliphatic carbocycles. The van der Waals surface area contributed by atoms with Crippen LogP contribution in [0.25, 0.3) is 0 Å². The van der Waals surface area contributed by atoms with E-state index in [0.29, 0.717) is 31.3 Å². The van der Waals surface area contributed by atoms with Gasteiger partial charge in [0.25, 0.3) is 0 Å². The molecule has 0 N–H and O–H groups in total. The Morgan fingerprint density at radius 2 is 2.47 bits per heavy atom. The first-order valence-corrected chi connectivity index (χ1v) is 6.23. The molecule has 1 aliphatic heterocycles. The van der Waals surface area contributed by atoms with E-state index in [-0.39, 0.29) is 11.8 Å². The van der Waals surface area contributed by atoms with Crippen LogP contribution in [0.2, 0.25) is 0 Å². The summed E-state index contributed by atoms with van der Waals surface area (Å²) in [7, 11) is 0. The number of alkyl halides is 1. The lowest BCUT2D eigenvalue weighted by Crippen LogP contribution is -2.25. The van der Waals surface area contributed by atoms with Crippen molar-refractivity contribution in [3.05, 3.63) is 18.3 Å². The largest absolute Gasteiger partial charge is 0.494 e. The molecule has 1 aromatic heterocycles. The number of ether oxygens (including phenoxy) is 1. The molecule has 1 saturated heterocycles. The molecule has 5 heteroatoms. The number of amides is 1. The van der Waals surface area contributed by atoms with Crippen molar-refractivity contribution in [2.24, 2.45) is 5.92 Å². The molecular formula is C12H15ClN2O2. The number of anilines is 1. The molecule has 0 spiro atoms. The van der Waals surface area contributed by atoms with Crippen molar-refractivity contribution in [1.29, 1.82) is 0 Å². The fraction of sp³-hybridized carbons (Fsp3) is 0.500. The molecule has 2 heterocycles. The predicted octanol–water partition coefficient (Wildman–Crippen LogP) is 2.07. The number of pyridine rings is 1. The molecule has 0 aromatic carbocycles. The number of halogens is 1. The summed E-state index contributed by atoms with van der Waals surface area (Å²) < 4.78 is 5.39. The second-order valence-electron chi connectivity index (χ2n) is 4.01. The zero-order valence-corrected chi connectivity index (χ0v) is 10.5. The van der Waals surface area contributed by atoms with Gasteiger partial charge in [-0.2, -0.15) is 0 Å². The normalized spacial score (nSPS) is 19.8. The zero-order valence-electron chi connectivity index (χ0n) is 9.73. The molecule has 2 rings (SSSR count). The lowest BCUT2D eigenvalue weighted by Gasteiger charge is -2.15. The molecular weight excluding hydrogens is 240 g/mol. The van der Waals surface area contributed by atoms with E-state index in [1.54, 1.807) is 23.2 Å². The van der Waals surface area contributed by atoms with Crippen molar-refractivity contribution in [3.63, 3.8) is 0 Å². The summed E-state index contributed by atoms with van der Waals surface area (Å²) in [5.41, 5.74) is 0. The quantitative estimate of drug-likeness (QED) is 0.773. The highest BCUT2D eigenvalue weighted by molar-refractivity contribution is 6.18. The van der Waals surface area contributed by atoms with E-state index in [2.05, 4.69) is 4.98 Å². The molecule has 1 unspecified atom stereocenters. The standard InChI is InChI=1S/C12H15ClN2O2/c1-2-17-10-3-4-14-11(6-10)15-8-9(7-13)5-12(15)16/h3-4,6,9H,2,5,7-8H2,1H3. The van der Waals surface area contributed by atoms with Crippen molar-refractivity contribution < 1.29 is 9.53 Å². The summed E-state index contributed by atoms with van der Waals surface area (Å²) >= 11 is 5.78. The van der Waals surface area contributed by atoms with Gasteiger partial charge >= 0.3 is 0 Å². The maximum atomic E-state index is 11.8. The first-order chi connectivity index (χ1) is 8.24. The van der Waals surface area contributed by atoms with Gasteiger partial charge in [-0.25, -0.2) is 4.98 Å². The lowest BCUT2D eigenvalue weighted by molar-refractivity contribution is -0.117. The van der Waals surface area contributed by atoms with Crippen molar-refractivity contribution in [3.8, 4) is 5.75 Å². The highest BCUT2D eigenvalue weighted by atomic mass is 35.5. The molecule has 1 amide bonds. The molecule has 17 heavy (non-hydrogen) atoms. The van der Waals surface area contributed by atoms with Crippen molar-refractivity contribution in [1.82, 2.24) is 4.98 Å². The van der Waals surface area contributed by atoms with Crippen LogP contribution in [0.5, 0.6) is 5.75 Å². The fourth-order valence-electron chi connectivity index (χ4n) is 1.91. The molecule has 1 atom stereocenters. The van der Waals surface area contributed by atoms with Crippen LogP contribution >= 0.6 is 11.6 Å². The maximum Gasteiger partial charge on any atom is 0.228 e. The number of nitrogens with zero attached hydrogens (tertiary/aromatic N) is 2. The van der Waals surface area contributed by atoms with Crippen LogP contribution in [0, 0.1) is 5.92 Å². The molecule has 92 valence electrons. The third-order valence-corrected chi connectivity index (χ3v) is 3.16. The number of rotatable bonds is 4. The summed E-state index contributed by atoms with van der Waals surface area (Å²) in [6.45, 7) is 3.16. The highest BCUT2D eigenvalue weighted by Crippen LogP contribution is 2.26. The first kappa shape index (κ1) is 12.2. The second kappa shape index (κ2) is 5.36. The number of aromatic nitrogens is 1. The van der Waals surface area contributed by atoms with E-state index in [4.69, 9.17) is 16.3 Å². The van der Waals surface area contributed by atoms with Crippen LogP contribution in [0.1, 0.15) is 13.3 Å². The minimum Gasteiger partial charge on any atom is -0.494 e. The summed E-state index contributed by atoms with van der Waals surface area (Å²) in [5, 5.41) is 0. The zero-order chi connectivity index (χ0) is 12.3. The molecule has 0 saturated carbocycles. The van der Waals surface area contributed by atoms with Gasteiger partial charge in [-0.3, -0.25) is 9.69 Å². The average molecular weight is 255 g/mol. The monoisotopic (exact) mass is 254 g/mol. The Balaban J connectivity index is 2.16. The van der Waals surface area contributed by atoms with Gasteiger partial charge in [-0.1, -0.05) is 0 Å². The van der Waals surface area contributed by atoms with Gasteiger partial charge in [-0.05, 0) is 18.9 Å². The number of carbonyl (C=O) groups is 1. The van der Waals surface area contributed by atoms with Crippen LogP contribution in [0.3, 0.4) is 0 Å². The van der Waals surface area contributed by atoms with Gasteiger partial charge in [0.05, 0.1) is 6.61 Å². The fourth-order valence-corrected chi connectivity index (χ4v) is 2.12. The Kier molecular flexibility index (Phi) is 3.84. The van der Waals surface area contributed by atoms with E-state index < -0.39 is 0 Å². The summed E-state index contributed by atoms with van der Waals surface area (Å²) in [5.74, 6) is 2.19. The topological polar surface area (TPSA) is 42.4 Å². The van der Waals surface area contributed by atoms with E-state index in [0.717, 1.165) is 5.75 Å². The van der Waals surface area contributed by atoms with Gasteiger partial charge in [0.1, 0.15) is 11.6 Å². The third-order valence-electron chi connectivity index (χ3n) is 2.73. The van der Waals surface area contributed by atoms with Gasteiger partial charge in [0, 0.05) is 31.1 Å². The Labute approximate surface area is 106 Å². The summed E-state index contributed by atoms with van der Waals surface area (Å²) in [6.07, 6.45) is 2.16. The SMILES string of the molecule is CCOc1ccnc(N2CC(CCl)CC2=O)c1. The molecule has 1 fully saturated rings. The Morgan fingerprint density at radius 3 is 3.12 bits per heavy atom. The van der Waals surface area contributed by atoms with Gasteiger partial charge in [0.15, 0.2) is 0 Å². The van der Waals surface area contributed by atoms with Crippen LogP contribution in [0.4, 0.5) is 5.82 Å².